The van der Waals surface area contributed by atoms with Crippen LogP contribution in [-0.4, -0.2) is 84.3 Å². The Bertz CT molecular complexity index is 2020. The van der Waals surface area contributed by atoms with Crippen LogP contribution in [0.4, 0.5) is 5.69 Å². The number of fused-ring (bicyclic) bond motifs is 1. The summed E-state index contributed by atoms with van der Waals surface area (Å²) in [5.41, 5.74) is 4.28. The molecule has 4 aliphatic rings. The molecule has 3 aliphatic heterocycles. The van der Waals surface area contributed by atoms with Gasteiger partial charge in [0.15, 0.2) is 0 Å². The van der Waals surface area contributed by atoms with Gasteiger partial charge in [0, 0.05) is 78.9 Å². The SMILES string of the molecule is CC1(C)C(NC(=O)c2ccc(N3CCN(CCCCc4cccc5c4CN(C4CCC(=O)NC4=O)C5=O)CC3)cc2)C(C)(C)C1Oc1ccc(C#N)c(Cl)c1. The first-order valence-corrected chi connectivity index (χ1v) is 19.7. The van der Waals surface area contributed by atoms with E-state index in [1.807, 2.05) is 36.4 Å². The van der Waals surface area contributed by atoms with Gasteiger partial charge in [-0.3, -0.25) is 29.4 Å². The Morgan fingerprint density at radius 1 is 0.982 bits per heavy atom. The number of nitrogens with one attached hydrogen (secondary N) is 2. The average Bonchev–Trinajstić information content (AvgIpc) is 3.50. The lowest BCUT2D eigenvalue weighted by atomic mass is 9.49. The Kier molecular flexibility index (Phi) is 10.7. The molecule has 288 valence electrons. The average molecular weight is 765 g/mol. The molecule has 1 unspecified atom stereocenters. The minimum absolute atomic E-state index is 0.110. The summed E-state index contributed by atoms with van der Waals surface area (Å²) in [5, 5.41) is 15.2. The monoisotopic (exact) mass is 764 g/mol. The van der Waals surface area contributed by atoms with E-state index in [1.54, 1.807) is 23.1 Å². The molecule has 7 rings (SSSR count). The second-order valence-electron chi connectivity index (χ2n) is 16.5. The summed E-state index contributed by atoms with van der Waals surface area (Å²) >= 11 is 6.24. The first kappa shape index (κ1) is 38.4. The van der Waals surface area contributed by atoms with Crippen molar-refractivity contribution >= 4 is 40.9 Å². The summed E-state index contributed by atoms with van der Waals surface area (Å²) in [6.07, 6.45) is 3.36. The molecule has 3 aromatic rings. The summed E-state index contributed by atoms with van der Waals surface area (Å²) < 4.78 is 6.37. The van der Waals surface area contributed by atoms with Crippen molar-refractivity contribution in [1.29, 1.82) is 5.26 Å². The Balaban J connectivity index is 0.853. The molecule has 3 fully saturated rings. The Morgan fingerprint density at radius 2 is 1.71 bits per heavy atom. The molecule has 11 nitrogen and oxygen atoms in total. The Labute approximate surface area is 327 Å². The highest BCUT2D eigenvalue weighted by molar-refractivity contribution is 6.31. The van der Waals surface area contributed by atoms with E-state index in [0.29, 0.717) is 40.4 Å². The lowest BCUT2D eigenvalue weighted by Crippen LogP contribution is -2.74. The highest BCUT2D eigenvalue weighted by Gasteiger charge is 2.64. The van der Waals surface area contributed by atoms with Gasteiger partial charge in [-0.2, -0.15) is 5.26 Å². The predicted octanol–water partition coefficient (Wildman–Crippen LogP) is 5.73. The zero-order valence-electron chi connectivity index (χ0n) is 32.0. The predicted molar refractivity (Wildman–Crippen MR) is 210 cm³/mol. The van der Waals surface area contributed by atoms with E-state index < -0.39 is 6.04 Å². The first-order chi connectivity index (χ1) is 26.3. The molecule has 0 spiro atoms. The van der Waals surface area contributed by atoms with E-state index in [-0.39, 0.29) is 53.0 Å². The van der Waals surface area contributed by atoms with Crippen molar-refractivity contribution in [3.8, 4) is 11.8 Å². The van der Waals surface area contributed by atoms with Gasteiger partial charge in [0.1, 0.15) is 24.0 Å². The fraction of sp³-hybridized carbons (Fsp3) is 0.465. The number of hydrogen-bond acceptors (Lipinski definition) is 8. The molecule has 0 aromatic heterocycles. The quantitative estimate of drug-likeness (QED) is 0.187. The van der Waals surface area contributed by atoms with Gasteiger partial charge in [-0.1, -0.05) is 51.4 Å². The van der Waals surface area contributed by atoms with Crippen LogP contribution in [0.5, 0.6) is 5.75 Å². The minimum atomic E-state index is -0.599. The van der Waals surface area contributed by atoms with E-state index in [0.717, 1.165) is 68.8 Å². The number of imide groups is 1. The zero-order valence-corrected chi connectivity index (χ0v) is 32.7. The Hall–Kier alpha value is -4.92. The van der Waals surface area contributed by atoms with Gasteiger partial charge in [-0.25, -0.2) is 0 Å². The van der Waals surface area contributed by atoms with Crippen LogP contribution in [0.2, 0.25) is 5.02 Å². The lowest BCUT2D eigenvalue weighted by Gasteiger charge is -2.63. The van der Waals surface area contributed by atoms with Crippen molar-refractivity contribution in [2.75, 3.05) is 37.6 Å². The second-order valence-corrected chi connectivity index (χ2v) is 16.9. The molecule has 12 heteroatoms. The molecule has 1 atom stereocenters. The van der Waals surface area contributed by atoms with Gasteiger partial charge in [-0.05, 0) is 85.8 Å². The van der Waals surface area contributed by atoms with E-state index in [4.69, 9.17) is 16.3 Å². The lowest BCUT2D eigenvalue weighted by molar-refractivity contribution is -0.164. The number of unbranched alkanes of at least 4 members (excludes halogenated alkanes) is 1. The van der Waals surface area contributed by atoms with Gasteiger partial charge in [0.2, 0.25) is 11.8 Å². The molecular weight excluding hydrogens is 716 g/mol. The molecule has 1 aliphatic carbocycles. The molecule has 0 radical (unpaired) electrons. The number of amides is 4. The van der Waals surface area contributed by atoms with E-state index >= 15 is 0 Å². The number of ether oxygens (including phenoxy) is 1. The summed E-state index contributed by atoms with van der Waals surface area (Å²) in [6.45, 7) is 13.5. The standard InChI is InChI=1S/C43H49ClN6O5/c1-42(2)40(43(3,4)41(42)55-31-16-13-29(25-45)34(44)24-31)47-37(52)28-11-14-30(15-12-28)49-22-20-48(21-23-49)19-6-5-8-27-9-7-10-32-33(27)26-50(39(32)54)35-17-18-36(51)46-38(35)53/h7,9-16,24,35,40-41H,5-6,8,17-23,26H2,1-4H3,(H,47,52)(H,46,51,53). The van der Waals surface area contributed by atoms with Gasteiger partial charge < -0.3 is 19.9 Å². The van der Waals surface area contributed by atoms with Crippen molar-refractivity contribution in [1.82, 2.24) is 20.4 Å². The maximum Gasteiger partial charge on any atom is 0.255 e. The summed E-state index contributed by atoms with van der Waals surface area (Å²) in [7, 11) is 0. The number of aryl methyl sites for hydroxylation is 1. The van der Waals surface area contributed by atoms with Crippen molar-refractivity contribution in [2.45, 2.75) is 84.5 Å². The topological polar surface area (TPSA) is 135 Å². The van der Waals surface area contributed by atoms with Crippen molar-refractivity contribution in [2.24, 2.45) is 10.8 Å². The molecule has 2 N–H and O–H groups in total. The number of carbonyl (C=O) groups is 4. The minimum Gasteiger partial charge on any atom is -0.489 e. The molecule has 2 saturated heterocycles. The molecule has 3 heterocycles. The molecule has 55 heavy (non-hydrogen) atoms. The highest BCUT2D eigenvalue weighted by atomic mass is 35.5. The molecular formula is C43H49ClN6O5. The smallest absolute Gasteiger partial charge is 0.255 e. The number of anilines is 1. The number of halogens is 1. The van der Waals surface area contributed by atoms with Gasteiger partial charge >= 0.3 is 0 Å². The van der Waals surface area contributed by atoms with Crippen LogP contribution < -0.4 is 20.3 Å². The highest BCUT2D eigenvalue weighted by Crippen LogP contribution is 2.55. The maximum atomic E-state index is 13.5. The molecule has 1 saturated carbocycles. The maximum absolute atomic E-state index is 13.5. The number of piperazine rings is 1. The Morgan fingerprint density at radius 3 is 2.38 bits per heavy atom. The number of carbonyl (C=O) groups excluding carboxylic acids is 4. The number of benzene rings is 3. The van der Waals surface area contributed by atoms with Crippen LogP contribution in [0.15, 0.2) is 60.7 Å². The van der Waals surface area contributed by atoms with Crippen LogP contribution in [0.1, 0.15) is 90.8 Å². The summed E-state index contributed by atoms with van der Waals surface area (Å²) in [6, 6.07) is 20.2. The van der Waals surface area contributed by atoms with Crippen molar-refractivity contribution in [3.05, 3.63) is 93.5 Å². The molecule has 3 aromatic carbocycles. The van der Waals surface area contributed by atoms with Crippen LogP contribution in [-0.2, 0) is 22.6 Å². The van der Waals surface area contributed by atoms with Gasteiger partial charge in [0.05, 0.1) is 10.6 Å². The third kappa shape index (κ3) is 7.54. The molecule has 0 bridgehead atoms. The van der Waals surface area contributed by atoms with Crippen LogP contribution in [0.3, 0.4) is 0 Å². The summed E-state index contributed by atoms with van der Waals surface area (Å²) in [5.74, 6) is -0.299. The van der Waals surface area contributed by atoms with Crippen LogP contribution in [0.25, 0.3) is 0 Å². The van der Waals surface area contributed by atoms with Crippen molar-refractivity contribution in [3.63, 3.8) is 0 Å². The van der Waals surface area contributed by atoms with E-state index in [9.17, 15) is 24.4 Å². The number of hydrogen-bond donors (Lipinski definition) is 2. The first-order valence-electron chi connectivity index (χ1n) is 19.3. The van der Waals surface area contributed by atoms with Gasteiger partial charge in [-0.15, -0.1) is 0 Å². The second kappa shape index (κ2) is 15.3. The number of nitrogens with zero attached hydrogens (tertiary/aromatic N) is 4. The van der Waals surface area contributed by atoms with E-state index in [2.05, 4.69) is 60.3 Å². The fourth-order valence-corrected chi connectivity index (χ4v) is 9.61. The third-order valence-electron chi connectivity index (χ3n) is 12.1. The third-order valence-corrected chi connectivity index (χ3v) is 12.5. The van der Waals surface area contributed by atoms with Crippen LogP contribution in [0, 0.1) is 22.2 Å². The largest absolute Gasteiger partial charge is 0.489 e. The number of nitriles is 1. The van der Waals surface area contributed by atoms with Crippen LogP contribution >= 0.6 is 11.6 Å². The van der Waals surface area contributed by atoms with E-state index in [1.165, 1.54) is 0 Å². The summed E-state index contributed by atoms with van der Waals surface area (Å²) in [4.78, 5) is 57.2. The molecule has 4 amide bonds. The number of rotatable bonds is 11. The number of piperidine rings is 1. The van der Waals surface area contributed by atoms with Crippen molar-refractivity contribution < 1.29 is 23.9 Å². The van der Waals surface area contributed by atoms with Gasteiger partial charge in [0.25, 0.3) is 11.8 Å². The zero-order chi connectivity index (χ0) is 39.1. The normalized spacial score (nSPS) is 23.1. The fourth-order valence-electron chi connectivity index (χ4n) is 9.40.